The number of aliphatic carboxylic acids is 1. The van der Waals surface area contributed by atoms with E-state index in [9.17, 15) is 9.90 Å². The van der Waals surface area contributed by atoms with Crippen molar-refractivity contribution in [3.8, 4) is 5.75 Å². The number of rotatable bonds is 9. The number of aryl methyl sites for hydroxylation is 2. The van der Waals surface area contributed by atoms with E-state index in [1.807, 2.05) is 43.3 Å². The number of pyridine rings is 2. The Balaban J connectivity index is 1.32. The number of ether oxygens (including phenoxy) is 1. The molecule has 8 nitrogen and oxygen atoms in total. The summed E-state index contributed by atoms with van der Waals surface area (Å²) >= 11 is 0. The first-order chi connectivity index (χ1) is 17.5. The molecule has 0 saturated heterocycles. The molecule has 0 bridgehead atoms. The molecule has 1 atom stereocenters. The number of benzene rings is 1. The van der Waals surface area contributed by atoms with Crippen molar-refractivity contribution in [3.63, 3.8) is 0 Å². The topological polar surface area (TPSA) is 93.4 Å². The third kappa shape index (κ3) is 5.17. The molecule has 0 fully saturated rings. The van der Waals surface area contributed by atoms with Crippen molar-refractivity contribution in [2.45, 2.75) is 44.6 Å². The molecule has 8 heteroatoms. The van der Waals surface area contributed by atoms with Gasteiger partial charge in [-0.05, 0) is 67.1 Å². The van der Waals surface area contributed by atoms with Crippen LogP contribution in [0.5, 0.6) is 5.75 Å². The Morgan fingerprint density at radius 2 is 1.97 bits per heavy atom. The molecule has 36 heavy (non-hydrogen) atoms. The summed E-state index contributed by atoms with van der Waals surface area (Å²) in [5, 5.41) is 15.0. The molecule has 5 rings (SSSR count). The Kier molecular flexibility index (Phi) is 6.84. The second kappa shape index (κ2) is 10.4. The summed E-state index contributed by atoms with van der Waals surface area (Å²) in [6, 6.07) is 11.6. The summed E-state index contributed by atoms with van der Waals surface area (Å²) in [4.78, 5) is 22.8. The highest BCUT2D eigenvalue weighted by Crippen LogP contribution is 2.29. The van der Waals surface area contributed by atoms with Gasteiger partial charge in [0, 0.05) is 43.5 Å². The molecule has 4 aromatic rings. The summed E-state index contributed by atoms with van der Waals surface area (Å²) in [5.74, 6) is -0.138. The maximum atomic E-state index is 11.7. The van der Waals surface area contributed by atoms with Gasteiger partial charge in [-0.1, -0.05) is 6.07 Å². The van der Waals surface area contributed by atoms with Gasteiger partial charge in [-0.2, -0.15) is 5.10 Å². The van der Waals surface area contributed by atoms with E-state index < -0.39 is 12.0 Å². The Labute approximate surface area is 210 Å². The van der Waals surface area contributed by atoms with E-state index in [1.165, 1.54) is 24.1 Å². The zero-order chi connectivity index (χ0) is 25.1. The molecule has 0 amide bonds. The van der Waals surface area contributed by atoms with Crippen LogP contribution < -0.4 is 9.64 Å². The number of anilines is 1. The number of hydrogen-bond acceptors (Lipinski definition) is 6. The van der Waals surface area contributed by atoms with Crippen LogP contribution in [0.1, 0.15) is 47.8 Å². The van der Waals surface area contributed by atoms with E-state index >= 15 is 0 Å². The Bertz CT molecular complexity index is 1380. The van der Waals surface area contributed by atoms with Crippen molar-refractivity contribution in [3.05, 3.63) is 77.5 Å². The fourth-order valence-electron chi connectivity index (χ4n) is 4.79. The largest absolute Gasteiger partial charge is 0.493 e. The zero-order valence-electron chi connectivity index (χ0n) is 20.7. The van der Waals surface area contributed by atoms with Crippen molar-refractivity contribution in [1.29, 1.82) is 0 Å². The van der Waals surface area contributed by atoms with E-state index in [1.54, 1.807) is 23.3 Å². The van der Waals surface area contributed by atoms with Gasteiger partial charge in [0.1, 0.15) is 5.75 Å². The molecule has 186 valence electrons. The monoisotopic (exact) mass is 485 g/mol. The fraction of sp³-hybridized carbons (Fsp3) is 0.357. The number of carboxylic acid groups (broad SMARTS) is 1. The molecule has 0 aliphatic heterocycles. The van der Waals surface area contributed by atoms with Crippen LogP contribution in [0.25, 0.3) is 10.9 Å². The SMILES string of the molecule is CN(C)c1cncc(C(CC(=O)O)n2ncc3cc(OCCc4ccc5c(n4)CCCC5)ccc32)c1. The van der Waals surface area contributed by atoms with Crippen molar-refractivity contribution in [1.82, 2.24) is 19.7 Å². The van der Waals surface area contributed by atoms with Crippen LogP contribution in [-0.2, 0) is 24.1 Å². The third-order valence-corrected chi connectivity index (χ3v) is 6.74. The van der Waals surface area contributed by atoms with E-state index in [-0.39, 0.29) is 6.42 Å². The lowest BCUT2D eigenvalue weighted by molar-refractivity contribution is -0.137. The van der Waals surface area contributed by atoms with Crippen LogP contribution in [0.4, 0.5) is 5.69 Å². The number of carbonyl (C=O) groups is 1. The van der Waals surface area contributed by atoms with Crippen LogP contribution in [0.2, 0.25) is 0 Å². The van der Waals surface area contributed by atoms with Crippen molar-refractivity contribution in [2.24, 2.45) is 0 Å². The summed E-state index contributed by atoms with van der Waals surface area (Å²) < 4.78 is 7.80. The lowest BCUT2D eigenvalue weighted by Crippen LogP contribution is -2.17. The van der Waals surface area contributed by atoms with Gasteiger partial charge in [0.15, 0.2) is 0 Å². The molecule has 0 spiro atoms. The van der Waals surface area contributed by atoms with Crippen molar-refractivity contribution >= 4 is 22.6 Å². The standard InChI is InChI=1S/C28H31N5O3/c1-32(2)23-13-20(16-29-18-23)27(15-28(34)35)33-26-10-9-24(14-21(26)17-30-33)36-12-11-22-8-7-19-5-3-4-6-25(19)31-22/h7-10,13-14,16-18,27H,3-6,11-12,15H2,1-2H3,(H,34,35). The van der Waals surface area contributed by atoms with E-state index in [4.69, 9.17) is 9.72 Å². The first kappa shape index (κ1) is 23.8. The Morgan fingerprint density at radius 3 is 2.81 bits per heavy atom. The van der Waals surface area contributed by atoms with Crippen molar-refractivity contribution < 1.29 is 14.6 Å². The van der Waals surface area contributed by atoms with Crippen LogP contribution in [0, 0.1) is 0 Å². The molecule has 1 N–H and O–H groups in total. The van der Waals surface area contributed by atoms with Gasteiger partial charge < -0.3 is 14.7 Å². The highest BCUT2D eigenvalue weighted by Gasteiger charge is 2.22. The number of hydrogen-bond donors (Lipinski definition) is 1. The smallest absolute Gasteiger partial charge is 0.305 e. The van der Waals surface area contributed by atoms with Crippen LogP contribution in [0.3, 0.4) is 0 Å². The summed E-state index contributed by atoms with van der Waals surface area (Å²) in [5.41, 5.74) is 6.25. The van der Waals surface area contributed by atoms with E-state index in [2.05, 4.69) is 22.2 Å². The average molecular weight is 486 g/mol. The summed E-state index contributed by atoms with van der Waals surface area (Å²) in [6.45, 7) is 0.538. The lowest BCUT2D eigenvalue weighted by Gasteiger charge is -2.20. The minimum atomic E-state index is -0.894. The van der Waals surface area contributed by atoms with Gasteiger partial charge >= 0.3 is 5.97 Å². The minimum Gasteiger partial charge on any atom is -0.493 e. The molecule has 1 aliphatic rings. The van der Waals surface area contributed by atoms with Crippen molar-refractivity contribution in [2.75, 3.05) is 25.6 Å². The molecular weight excluding hydrogens is 454 g/mol. The maximum Gasteiger partial charge on any atom is 0.305 e. The maximum absolute atomic E-state index is 11.7. The normalized spacial score (nSPS) is 13.8. The first-order valence-electron chi connectivity index (χ1n) is 12.4. The molecule has 1 unspecified atom stereocenters. The summed E-state index contributed by atoms with van der Waals surface area (Å²) in [7, 11) is 3.86. The molecule has 1 aliphatic carbocycles. The highest BCUT2D eigenvalue weighted by molar-refractivity contribution is 5.81. The van der Waals surface area contributed by atoms with Gasteiger partial charge in [0.25, 0.3) is 0 Å². The van der Waals surface area contributed by atoms with Crippen LogP contribution in [-0.4, -0.2) is 51.5 Å². The number of fused-ring (bicyclic) bond motifs is 2. The van der Waals surface area contributed by atoms with Crippen LogP contribution >= 0.6 is 0 Å². The van der Waals surface area contributed by atoms with E-state index in [0.29, 0.717) is 6.61 Å². The fourth-order valence-corrected chi connectivity index (χ4v) is 4.79. The van der Waals surface area contributed by atoms with Gasteiger partial charge in [0.2, 0.25) is 0 Å². The predicted octanol–water partition coefficient (Wildman–Crippen LogP) is 4.46. The second-order valence-corrected chi connectivity index (χ2v) is 9.51. The third-order valence-electron chi connectivity index (χ3n) is 6.74. The molecule has 0 saturated carbocycles. The number of nitrogens with zero attached hydrogens (tertiary/aromatic N) is 5. The van der Waals surface area contributed by atoms with E-state index in [0.717, 1.165) is 52.9 Å². The minimum absolute atomic E-state index is 0.0959. The molecule has 1 aromatic carbocycles. The summed E-state index contributed by atoms with van der Waals surface area (Å²) in [6.07, 6.45) is 10.6. The van der Waals surface area contributed by atoms with Gasteiger partial charge in [-0.15, -0.1) is 0 Å². The zero-order valence-corrected chi connectivity index (χ0v) is 20.7. The van der Waals surface area contributed by atoms with Gasteiger partial charge in [0.05, 0.1) is 42.7 Å². The molecular formula is C28H31N5O3. The van der Waals surface area contributed by atoms with Gasteiger partial charge in [-0.25, -0.2) is 0 Å². The Hall–Kier alpha value is -3.94. The number of aromatic nitrogens is 4. The van der Waals surface area contributed by atoms with Gasteiger partial charge in [-0.3, -0.25) is 19.4 Å². The number of carboxylic acids is 1. The molecule has 3 heterocycles. The lowest BCUT2D eigenvalue weighted by atomic mass is 9.96. The Morgan fingerprint density at radius 1 is 1.11 bits per heavy atom. The quantitative estimate of drug-likeness (QED) is 0.374. The second-order valence-electron chi connectivity index (χ2n) is 9.51. The predicted molar refractivity (Wildman–Crippen MR) is 139 cm³/mol. The van der Waals surface area contributed by atoms with Crippen LogP contribution in [0.15, 0.2) is 55.0 Å². The molecule has 3 aromatic heterocycles. The highest BCUT2D eigenvalue weighted by atomic mass is 16.5. The first-order valence-corrected chi connectivity index (χ1v) is 12.4. The molecule has 0 radical (unpaired) electrons. The average Bonchev–Trinajstić information content (AvgIpc) is 3.30.